The minimum absolute atomic E-state index is 0.135. The highest BCUT2D eigenvalue weighted by atomic mass is 32.2. The zero-order chi connectivity index (χ0) is 15.6. The van der Waals surface area contributed by atoms with E-state index in [1.165, 1.54) is 6.92 Å². The average Bonchev–Trinajstić information content (AvgIpc) is 2.30. The molecule has 0 amide bonds. The number of hydrogen-bond donors (Lipinski definition) is 1. The lowest BCUT2D eigenvalue weighted by Crippen LogP contribution is -2.19. The highest BCUT2D eigenvalue weighted by molar-refractivity contribution is 7.91. The maximum absolute atomic E-state index is 13.5. The molecule has 0 aliphatic heterocycles. The molecule has 0 spiro atoms. The highest BCUT2D eigenvalue weighted by Gasteiger charge is 2.21. The molecule has 0 heterocycles. The van der Waals surface area contributed by atoms with Gasteiger partial charge in [0.25, 0.3) is 0 Å². The molecule has 2 N–H and O–H groups in total. The van der Waals surface area contributed by atoms with Gasteiger partial charge in [-0.25, -0.2) is 30.8 Å². The monoisotopic (exact) mass is 329 g/mol. The Morgan fingerprint density at radius 2 is 1.80 bits per heavy atom. The molecule has 6 nitrogen and oxygen atoms in total. The van der Waals surface area contributed by atoms with Gasteiger partial charge in [-0.15, -0.1) is 0 Å². The molecule has 0 unspecified atom stereocenters. The molecule has 1 aromatic rings. The maximum atomic E-state index is 13.5. The summed E-state index contributed by atoms with van der Waals surface area (Å²) in [4.78, 5) is -0.871. The highest BCUT2D eigenvalue weighted by Crippen LogP contribution is 2.27. The van der Waals surface area contributed by atoms with E-state index < -0.39 is 54.5 Å². The van der Waals surface area contributed by atoms with Gasteiger partial charge in [-0.2, -0.15) is 0 Å². The number of rotatable bonds is 6. The number of nitrogens with two attached hydrogens (primary N) is 1. The van der Waals surface area contributed by atoms with Crippen LogP contribution in [0.3, 0.4) is 0 Å². The fourth-order valence-electron chi connectivity index (χ4n) is 1.30. The van der Waals surface area contributed by atoms with Gasteiger partial charge in [0.2, 0.25) is 10.0 Å². The van der Waals surface area contributed by atoms with E-state index in [9.17, 15) is 25.6 Å². The minimum atomic E-state index is -4.40. The van der Waals surface area contributed by atoms with Gasteiger partial charge in [-0.1, -0.05) is 6.92 Å². The van der Waals surface area contributed by atoms with Crippen LogP contribution in [0, 0.1) is 11.6 Å². The molecule has 0 bridgehead atoms. The molecule has 0 aliphatic carbocycles. The summed E-state index contributed by atoms with van der Waals surface area (Å²) in [6.07, 6.45) is 0. The first-order chi connectivity index (χ1) is 9.07. The van der Waals surface area contributed by atoms with E-state index in [2.05, 4.69) is 0 Å². The normalized spacial score (nSPS) is 12.4. The molecule has 0 fully saturated rings. The van der Waals surface area contributed by atoms with Gasteiger partial charge in [0.1, 0.15) is 17.3 Å². The van der Waals surface area contributed by atoms with Crippen LogP contribution in [0.5, 0.6) is 5.75 Å². The van der Waals surface area contributed by atoms with Crippen molar-refractivity contribution in [2.75, 3.05) is 18.1 Å². The van der Waals surface area contributed by atoms with E-state index in [1.54, 1.807) is 0 Å². The second-order valence-electron chi connectivity index (χ2n) is 3.84. The van der Waals surface area contributed by atoms with Crippen molar-refractivity contribution in [3.63, 3.8) is 0 Å². The molecule has 0 saturated heterocycles. The molecule has 0 aromatic heterocycles. The molecular weight excluding hydrogens is 316 g/mol. The molecule has 0 aliphatic rings. The van der Waals surface area contributed by atoms with E-state index in [-0.39, 0.29) is 5.75 Å². The summed E-state index contributed by atoms with van der Waals surface area (Å²) < 4.78 is 76.2. The van der Waals surface area contributed by atoms with Crippen LogP contribution in [0.2, 0.25) is 0 Å². The Labute approximate surface area is 115 Å². The van der Waals surface area contributed by atoms with Gasteiger partial charge < -0.3 is 4.74 Å². The largest absolute Gasteiger partial charge is 0.488 e. The van der Waals surface area contributed by atoms with E-state index in [0.29, 0.717) is 12.1 Å². The van der Waals surface area contributed by atoms with Crippen LogP contribution in [0.25, 0.3) is 0 Å². The summed E-state index contributed by atoms with van der Waals surface area (Å²) in [7, 11) is -7.77. The molecule has 0 atom stereocenters. The van der Waals surface area contributed by atoms with Crippen molar-refractivity contribution in [1.82, 2.24) is 0 Å². The van der Waals surface area contributed by atoms with Gasteiger partial charge in [-0.3, -0.25) is 0 Å². The van der Waals surface area contributed by atoms with E-state index >= 15 is 0 Å². The van der Waals surface area contributed by atoms with Gasteiger partial charge in [0, 0.05) is 11.8 Å². The zero-order valence-corrected chi connectivity index (χ0v) is 12.1. The Bertz CT molecular complexity index is 701. The molecule has 20 heavy (non-hydrogen) atoms. The van der Waals surface area contributed by atoms with Gasteiger partial charge in [0.15, 0.2) is 21.4 Å². The van der Waals surface area contributed by atoms with Crippen LogP contribution in [-0.2, 0) is 19.9 Å². The lowest BCUT2D eigenvalue weighted by atomic mass is 10.3. The molecule has 10 heteroatoms. The SMILES string of the molecule is CCS(=O)(=O)CCOc1c(F)cc(F)cc1S(N)(=O)=O. The summed E-state index contributed by atoms with van der Waals surface area (Å²) in [5.41, 5.74) is 0. The number of sulfonamides is 1. The molecule has 114 valence electrons. The number of hydrogen-bond acceptors (Lipinski definition) is 5. The Morgan fingerprint density at radius 3 is 2.30 bits per heavy atom. The minimum Gasteiger partial charge on any atom is -0.488 e. The fraction of sp³-hybridized carbons (Fsp3) is 0.400. The summed E-state index contributed by atoms with van der Waals surface area (Å²) in [5, 5.41) is 4.82. The van der Waals surface area contributed by atoms with Crippen molar-refractivity contribution in [2.24, 2.45) is 5.14 Å². The second-order valence-corrected chi connectivity index (χ2v) is 7.85. The summed E-state index contributed by atoms with van der Waals surface area (Å²) in [6, 6.07) is 0.917. The number of ether oxygens (including phenoxy) is 1. The number of primary sulfonamides is 1. The van der Waals surface area contributed by atoms with Crippen LogP contribution in [-0.4, -0.2) is 34.9 Å². The standard InChI is InChI=1S/C10H13F2NO5S2/c1-2-19(14,15)4-3-18-10-8(12)5-7(11)6-9(10)20(13,16)17/h5-6H,2-4H2,1H3,(H2,13,16,17). The van der Waals surface area contributed by atoms with Crippen LogP contribution < -0.4 is 9.88 Å². The lowest BCUT2D eigenvalue weighted by molar-refractivity contribution is 0.311. The average molecular weight is 329 g/mol. The van der Waals surface area contributed by atoms with Gasteiger partial charge >= 0.3 is 0 Å². The summed E-state index contributed by atoms with van der Waals surface area (Å²) >= 11 is 0. The van der Waals surface area contributed by atoms with Crippen molar-refractivity contribution in [2.45, 2.75) is 11.8 Å². The topological polar surface area (TPSA) is 104 Å². The zero-order valence-electron chi connectivity index (χ0n) is 10.5. The van der Waals surface area contributed by atoms with Crippen molar-refractivity contribution in [1.29, 1.82) is 0 Å². The Hall–Kier alpha value is -1.26. The van der Waals surface area contributed by atoms with Crippen molar-refractivity contribution >= 4 is 19.9 Å². The van der Waals surface area contributed by atoms with Crippen molar-refractivity contribution in [3.05, 3.63) is 23.8 Å². The third kappa shape index (κ3) is 4.39. The van der Waals surface area contributed by atoms with E-state index in [4.69, 9.17) is 9.88 Å². The number of sulfone groups is 1. The fourth-order valence-corrected chi connectivity index (χ4v) is 2.62. The Kier molecular flexibility index (Phi) is 5.05. The summed E-state index contributed by atoms with van der Waals surface area (Å²) in [5.74, 6) is -3.77. The maximum Gasteiger partial charge on any atom is 0.241 e. The quantitative estimate of drug-likeness (QED) is 0.815. The summed E-state index contributed by atoms with van der Waals surface area (Å²) in [6.45, 7) is 0.949. The van der Waals surface area contributed by atoms with Crippen LogP contribution in [0.4, 0.5) is 8.78 Å². The Balaban J connectivity index is 3.07. The molecule has 0 radical (unpaired) electrons. The van der Waals surface area contributed by atoms with Crippen LogP contribution in [0.15, 0.2) is 17.0 Å². The van der Waals surface area contributed by atoms with Crippen molar-refractivity contribution < 1.29 is 30.4 Å². The third-order valence-electron chi connectivity index (χ3n) is 2.36. The van der Waals surface area contributed by atoms with Gasteiger partial charge in [-0.05, 0) is 6.07 Å². The van der Waals surface area contributed by atoms with E-state index in [1.807, 2.05) is 0 Å². The molecular formula is C10H13F2NO5S2. The third-order valence-corrected chi connectivity index (χ3v) is 4.95. The molecule has 0 saturated carbocycles. The van der Waals surface area contributed by atoms with Gasteiger partial charge in [0.05, 0.1) is 5.75 Å². The Morgan fingerprint density at radius 1 is 1.20 bits per heavy atom. The first-order valence-electron chi connectivity index (χ1n) is 5.42. The number of benzene rings is 1. The predicted molar refractivity (Wildman–Crippen MR) is 67.6 cm³/mol. The lowest BCUT2D eigenvalue weighted by Gasteiger charge is -2.11. The number of halogens is 2. The van der Waals surface area contributed by atoms with Crippen LogP contribution >= 0.6 is 0 Å². The molecule has 1 aromatic carbocycles. The smallest absolute Gasteiger partial charge is 0.241 e. The first-order valence-corrected chi connectivity index (χ1v) is 8.78. The predicted octanol–water partition coefficient (Wildman–Crippen LogP) is 0.426. The van der Waals surface area contributed by atoms with E-state index in [0.717, 1.165) is 0 Å². The van der Waals surface area contributed by atoms with Crippen LogP contribution in [0.1, 0.15) is 6.92 Å². The second kappa shape index (κ2) is 6.02. The van der Waals surface area contributed by atoms with Crippen molar-refractivity contribution in [3.8, 4) is 5.75 Å². The first kappa shape index (κ1) is 16.8. The molecule has 1 rings (SSSR count).